The largest absolute Gasteiger partial charge is 0.574 e. The van der Waals surface area contributed by atoms with Crippen LogP contribution in [0.3, 0.4) is 0 Å². The van der Waals surface area contributed by atoms with Gasteiger partial charge in [-0.15, -0.1) is 13.2 Å². The molecule has 0 amide bonds. The molecule has 0 radical (unpaired) electrons. The molecule has 0 unspecified atom stereocenters. The number of halogens is 3. The average molecular weight is 237 g/mol. The number of aromatic nitrogens is 1. The topological polar surface area (TPSA) is 83.4 Å². The van der Waals surface area contributed by atoms with Crippen molar-refractivity contribution in [3.8, 4) is 11.6 Å². The lowest BCUT2D eigenvalue weighted by molar-refractivity contribution is -0.276. The first-order chi connectivity index (χ1) is 7.37. The summed E-state index contributed by atoms with van der Waals surface area (Å²) in [7, 11) is 1.18. The third kappa shape index (κ3) is 2.89. The number of rotatable bonds is 3. The van der Waals surface area contributed by atoms with Crippen LogP contribution in [-0.4, -0.2) is 18.5 Å². The quantitative estimate of drug-likeness (QED) is 0.820. The van der Waals surface area contributed by atoms with Crippen molar-refractivity contribution in [1.29, 1.82) is 0 Å². The number of methoxy groups -OCH3 is 1. The molecule has 90 valence electrons. The molecule has 0 aliphatic carbocycles. The van der Waals surface area contributed by atoms with Crippen molar-refractivity contribution in [1.82, 2.24) is 4.98 Å². The van der Waals surface area contributed by atoms with E-state index in [0.717, 1.165) is 0 Å². The molecule has 0 saturated heterocycles. The number of hydrogen-bond donors (Lipinski definition) is 2. The minimum Gasteiger partial charge on any atom is -0.491 e. The molecule has 0 spiro atoms. The summed E-state index contributed by atoms with van der Waals surface area (Å²) in [5.74, 6) is -0.906. The number of ether oxygens (including phenoxy) is 2. The molecule has 1 aromatic rings. The fourth-order valence-corrected chi connectivity index (χ4v) is 1.02. The minimum atomic E-state index is -4.84. The minimum absolute atomic E-state index is 0.0932. The Labute approximate surface area is 89.1 Å². The molecule has 0 aliphatic rings. The second kappa shape index (κ2) is 4.44. The zero-order valence-corrected chi connectivity index (χ0v) is 8.34. The number of nitrogen functional groups attached to an aromatic ring is 1. The van der Waals surface area contributed by atoms with Crippen LogP contribution in [0.15, 0.2) is 6.07 Å². The van der Waals surface area contributed by atoms with Gasteiger partial charge in [-0.2, -0.15) is 0 Å². The zero-order valence-electron chi connectivity index (χ0n) is 8.34. The summed E-state index contributed by atoms with van der Waals surface area (Å²) in [6.07, 6.45) is -4.84. The maximum absolute atomic E-state index is 12.0. The highest BCUT2D eigenvalue weighted by atomic mass is 19.4. The smallest absolute Gasteiger partial charge is 0.491 e. The van der Waals surface area contributed by atoms with Crippen LogP contribution in [0.25, 0.3) is 0 Å². The fourth-order valence-electron chi connectivity index (χ4n) is 1.02. The van der Waals surface area contributed by atoms with Gasteiger partial charge in [0.25, 0.3) is 5.88 Å². The summed E-state index contributed by atoms with van der Waals surface area (Å²) in [5, 5.41) is 0. The van der Waals surface area contributed by atoms with Gasteiger partial charge in [0.2, 0.25) is 0 Å². The van der Waals surface area contributed by atoms with E-state index in [0.29, 0.717) is 0 Å². The van der Waals surface area contributed by atoms with Gasteiger partial charge in [0, 0.05) is 12.6 Å². The van der Waals surface area contributed by atoms with Crippen LogP contribution < -0.4 is 20.9 Å². The molecule has 16 heavy (non-hydrogen) atoms. The van der Waals surface area contributed by atoms with Gasteiger partial charge in [-0.1, -0.05) is 0 Å². The van der Waals surface area contributed by atoms with Gasteiger partial charge >= 0.3 is 6.36 Å². The van der Waals surface area contributed by atoms with Crippen molar-refractivity contribution >= 4 is 5.69 Å². The van der Waals surface area contributed by atoms with Gasteiger partial charge in [-0.05, 0) is 0 Å². The van der Waals surface area contributed by atoms with E-state index in [4.69, 9.17) is 11.5 Å². The summed E-state index contributed by atoms with van der Waals surface area (Å²) >= 11 is 0. The zero-order chi connectivity index (χ0) is 12.3. The first-order valence-electron chi connectivity index (χ1n) is 4.16. The molecule has 4 N–H and O–H groups in total. The van der Waals surface area contributed by atoms with E-state index in [1.807, 2.05) is 0 Å². The lowest BCUT2D eigenvalue weighted by Crippen LogP contribution is -2.19. The van der Waals surface area contributed by atoms with E-state index >= 15 is 0 Å². The van der Waals surface area contributed by atoms with Crippen molar-refractivity contribution in [2.24, 2.45) is 5.73 Å². The number of nitrogens with two attached hydrogens (primary N) is 2. The van der Waals surface area contributed by atoms with Crippen LogP contribution in [0.4, 0.5) is 18.9 Å². The molecule has 1 rings (SSSR count). The Kier molecular flexibility index (Phi) is 3.43. The predicted molar refractivity (Wildman–Crippen MR) is 49.8 cm³/mol. The van der Waals surface area contributed by atoms with Crippen LogP contribution in [-0.2, 0) is 6.54 Å². The molecule has 1 aromatic heterocycles. The van der Waals surface area contributed by atoms with Gasteiger partial charge in [-0.25, -0.2) is 4.98 Å². The molecule has 0 bridgehead atoms. The van der Waals surface area contributed by atoms with E-state index in [2.05, 4.69) is 14.5 Å². The van der Waals surface area contributed by atoms with Crippen LogP contribution in [0.1, 0.15) is 5.69 Å². The van der Waals surface area contributed by atoms with Crippen LogP contribution in [0.2, 0.25) is 0 Å². The van der Waals surface area contributed by atoms with Crippen molar-refractivity contribution in [3.63, 3.8) is 0 Å². The lowest BCUT2D eigenvalue weighted by atomic mass is 10.3. The predicted octanol–water partition coefficient (Wildman–Crippen LogP) is 1.03. The Hall–Kier alpha value is -1.70. The number of nitrogens with zero attached hydrogens (tertiary/aromatic N) is 1. The average Bonchev–Trinajstić information content (AvgIpc) is 2.18. The van der Waals surface area contributed by atoms with E-state index in [9.17, 15) is 13.2 Å². The maximum atomic E-state index is 12.0. The van der Waals surface area contributed by atoms with Gasteiger partial charge in [-0.3, -0.25) is 0 Å². The normalized spacial score (nSPS) is 11.3. The Morgan fingerprint density at radius 1 is 1.44 bits per heavy atom. The standard InChI is InChI=1S/C8H10F3N3O2/c1-15-6-2-4(13)5(3-12)14-7(6)16-8(9,10)11/h2H,3,12-13H2,1H3. The Morgan fingerprint density at radius 2 is 2.06 bits per heavy atom. The Morgan fingerprint density at radius 3 is 2.50 bits per heavy atom. The molecule has 8 heteroatoms. The molecule has 0 aliphatic heterocycles. The summed E-state index contributed by atoms with van der Waals surface area (Å²) in [6.45, 7) is -0.0932. The fraction of sp³-hybridized carbons (Fsp3) is 0.375. The second-order valence-electron chi connectivity index (χ2n) is 2.78. The Balaban J connectivity index is 3.15. The van der Waals surface area contributed by atoms with E-state index in [1.54, 1.807) is 0 Å². The summed E-state index contributed by atoms with van der Waals surface area (Å²) in [5.41, 5.74) is 11.0. The molecule has 0 saturated carbocycles. The SMILES string of the molecule is COc1cc(N)c(CN)nc1OC(F)(F)F. The van der Waals surface area contributed by atoms with Crippen molar-refractivity contribution in [3.05, 3.63) is 11.8 Å². The molecule has 1 heterocycles. The summed E-state index contributed by atoms with van der Waals surface area (Å²) in [6, 6.07) is 1.18. The lowest BCUT2D eigenvalue weighted by Gasteiger charge is -2.13. The highest BCUT2D eigenvalue weighted by Gasteiger charge is 2.33. The summed E-state index contributed by atoms with van der Waals surface area (Å²) in [4.78, 5) is 3.53. The number of alkyl halides is 3. The highest BCUT2D eigenvalue weighted by Crippen LogP contribution is 2.32. The van der Waals surface area contributed by atoms with Crippen molar-refractivity contribution < 1.29 is 22.6 Å². The van der Waals surface area contributed by atoms with E-state index < -0.39 is 12.2 Å². The number of pyridine rings is 1. The van der Waals surface area contributed by atoms with Gasteiger partial charge in [0.1, 0.15) is 0 Å². The van der Waals surface area contributed by atoms with Gasteiger partial charge in [0.05, 0.1) is 18.5 Å². The second-order valence-corrected chi connectivity index (χ2v) is 2.78. The highest BCUT2D eigenvalue weighted by molar-refractivity contribution is 5.52. The first-order valence-corrected chi connectivity index (χ1v) is 4.16. The number of hydrogen-bond acceptors (Lipinski definition) is 5. The number of anilines is 1. The van der Waals surface area contributed by atoms with Gasteiger partial charge in [0.15, 0.2) is 5.75 Å². The van der Waals surface area contributed by atoms with Crippen molar-refractivity contribution in [2.75, 3.05) is 12.8 Å². The molecule has 0 fully saturated rings. The maximum Gasteiger partial charge on any atom is 0.574 e. The molecule has 5 nitrogen and oxygen atoms in total. The molecular weight excluding hydrogens is 227 g/mol. The monoisotopic (exact) mass is 237 g/mol. The van der Waals surface area contributed by atoms with Crippen LogP contribution in [0, 0.1) is 0 Å². The molecule has 0 atom stereocenters. The van der Waals surface area contributed by atoms with Crippen molar-refractivity contribution in [2.45, 2.75) is 12.9 Å². The third-order valence-corrected chi connectivity index (χ3v) is 1.69. The molecular formula is C8H10F3N3O2. The summed E-state index contributed by atoms with van der Waals surface area (Å²) < 4.78 is 44.4. The Bertz CT molecular complexity index is 382. The van der Waals surface area contributed by atoms with Gasteiger partial charge < -0.3 is 20.9 Å². The first kappa shape index (κ1) is 12.4. The molecule has 0 aromatic carbocycles. The third-order valence-electron chi connectivity index (χ3n) is 1.69. The van der Waals surface area contributed by atoms with Crippen LogP contribution >= 0.6 is 0 Å². The van der Waals surface area contributed by atoms with Crippen LogP contribution in [0.5, 0.6) is 11.6 Å². The van der Waals surface area contributed by atoms with E-state index in [-0.39, 0.29) is 23.7 Å². The van der Waals surface area contributed by atoms with E-state index in [1.165, 1.54) is 13.2 Å².